The van der Waals surface area contributed by atoms with Gasteiger partial charge in [-0.05, 0) is 12.1 Å². The molecule has 3 rings (SSSR count). The Bertz CT molecular complexity index is 400. The lowest BCUT2D eigenvalue weighted by atomic mass is 9.95. The van der Waals surface area contributed by atoms with Gasteiger partial charge in [-0.25, -0.2) is 0 Å². The molecule has 1 aromatic rings. The predicted molar refractivity (Wildman–Crippen MR) is 57.3 cm³/mol. The van der Waals surface area contributed by atoms with Crippen molar-refractivity contribution in [2.45, 2.75) is 12.1 Å². The quantitative estimate of drug-likeness (QED) is 0.745. The van der Waals surface area contributed by atoms with Crippen molar-refractivity contribution in [3.8, 4) is 11.5 Å². The summed E-state index contributed by atoms with van der Waals surface area (Å²) in [6.07, 6.45) is 4.35. The van der Waals surface area contributed by atoms with Gasteiger partial charge in [-0.15, -0.1) is 0 Å². The Kier molecular flexibility index (Phi) is 1.76. The Labute approximate surface area is 88.7 Å². The fourth-order valence-corrected chi connectivity index (χ4v) is 2.48. The second-order valence-electron chi connectivity index (χ2n) is 3.80. The molecular formula is C12H13NO2. The fraction of sp³-hybridized carbons (Fsp3) is 0.333. The lowest BCUT2D eigenvalue weighted by molar-refractivity contribution is 0.396. The van der Waals surface area contributed by atoms with Crippen LogP contribution in [0.1, 0.15) is 23.2 Å². The lowest BCUT2D eigenvalue weighted by Gasteiger charge is -2.16. The Morgan fingerprint density at radius 3 is 1.80 bits per heavy atom. The summed E-state index contributed by atoms with van der Waals surface area (Å²) in [4.78, 5) is 0. The van der Waals surface area contributed by atoms with Crippen LogP contribution < -0.4 is 14.8 Å². The summed E-state index contributed by atoms with van der Waals surface area (Å²) >= 11 is 0. The SMILES string of the molecule is COc1ccc(OC)c2c1C1C=CC2N1. The van der Waals surface area contributed by atoms with E-state index in [0.717, 1.165) is 11.5 Å². The highest BCUT2D eigenvalue weighted by Gasteiger charge is 2.36. The summed E-state index contributed by atoms with van der Waals surface area (Å²) in [6.45, 7) is 0. The standard InChI is InChI=1S/C12H13NO2/c1-14-9-5-6-10(15-2)12-8-4-3-7(13-8)11(9)12/h3-8,13H,1-2H3. The number of nitrogens with one attached hydrogen (secondary N) is 1. The molecule has 1 aromatic carbocycles. The Morgan fingerprint density at radius 2 is 1.40 bits per heavy atom. The van der Waals surface area contributed by atoms with Gasteiger partial charge in [-0.1, -0.05) is 12.2 Å². The van der Waals surface area contributed by atoms with Crippen LogP contribution in [0.15, 0.2) is 24.3 Å². The molecule has 0 aliphatic carbocycles. The van der Waals surface area contributed by atoms with Gasteiger partial charge in [0.05, 0.1) is 26.3 Å². The number of fused-ring (bicyclic) bond motifs is 5. The zero-order chi connectivity index (χ0) is 10.4. The van der Waals surface area contributed by atoms with Crippen molar-refractivity contribution in [3.63, 3.8) is 0 Å². The molecule has 2 bridgehead atoms. The minimum Gasteiger partial charge on any atom is -0.496 e. The Morgan fingerprint density at radius 1 is 0.933 bits per heavy atom. The van der Waals surface area contributed by atoms with Gasteiger partial charge in [0, 0.05) is 11.1 Å². The summed E-state index contributed by atoms with van der Waals surface area (Å²) in [7, 11) is 3.41. The van der Waals surface area contributed by atoms with Crippen LogP contribution in [0.4, 0.5) is 0 Å². The molecule has 1 N–H and O–H groups in total. The van der Waals surface area contributed by atoms with Crippen LogP contribution in [0.25, 0.3) is 0 Å². The molecule has 2 aliphatic rings. The molecule has 3 heteroatoms. The van der Waals surface area contributed by atoms with E-state index in [4.69, 9.17) is 9.47 Å². The fourth-order valence-electron chi connectivity index (χ4n) is 2.48. The predicted octanol–water partition coefficient (Wildman–Crippen LogP) is 1.96. The van der Waals surface area contributed by atoms with Crippen LogP contribution >= 0.6 is 0 Å². The van der Waals surface area contributed by atoms with E-state index in [0.29, 0.717) is 0 Å². The van der Waals surface area contributed by atoms with Crippen molar-refractivity contribution < 1.29 is 9.47 Å². The number of methoxy groups -OCH3 is 2. The first-order chi connectivity index (χ1) is 7.35. The third-order valence-corrected chi connectivity index (χ3v) is 3.12. The Balaban J connectivity index is 2.23. The maximum atomic E-state index is 5.38. The summed E-state index contributed by atoms with van der Waals surface area (Å²) in [6, 6.07) is 4.51. The van der Waals surface area contributed by atoms with E-state index in [1.807, 2.05) is 12.1 Å². The van der Waals surface area contributed by atoms with E-state index in [-0.39, 0.29) is 12.1 Å². The van der Waals surface area contributed by atoms with E-state index in [2.05, 4.69) is 17.5 Å². The maximum Gasteiger partial charge on any atom is 0.124 e. The maximum absolute atomic E-state index is 5.38. The van der Waals surface area contributed by atoms with Gasteiger partial charge in [-0.2, -0.15) is 0 Å². The zero-order valence-electron chi connectivity index (χ0n) is 8.78. The minimum absolute atomic E-state index is 0.287. The number of benzene rings is 1. The van der Waals surface area contributed by atoms with Crippen molar-refractivity contribution in [2.24, 2.45) is 0 Å². The van der Waals surface area contributed by atoms with Crippen LogP contribution in [0.3, 0.4) is 0 Å². The van der Waals surface area contributed by atoms with Crippen LogP contribution in [0.5, 0.6) is 11.5 Å². The normalized spacial score (nSPS) is 25.5. The largest absolute Gasteiger partial charge is 0.496 e. The van der Waals surface area contributed by atoms with Gasteiger partial charge in [0.1, 0.15) is 11.5 Å². The summed E-state index contributed by atoms with van der Waals surface area (Å²) in [5, 5.41) is 3.47. The number of hydrogen-bond donors (Lipinski definition) is 1. The Hall–Kier alpha value is -1.48. The summed E-state index contributed by atoms with van der Waals surface area (Å²) in [5.74, 6) is 1.88. The second-order valence-corrected chi connectivity index (χ2v) is 3.80. The van der Waals surface area contributed by atoms with E-state index in [9.17, 15) is 0 Å². The van der Waals surface area contributed by atoms with Crippen LogP contribution in [0.2, 0.25) is 0 Å². The van der Waals surface area contributed by atoms with Gasteiger partial charge in [-0.3, -0.25) is 5.32 Å². The summed E-state index contributed by atoms with van der Waals surface area (Å²) in [5.41, 5.74) is 2.45. The van der Waals surface area contributed by atoms with Gasteiger partial charge in [0.2, 0.25) is 0 Å². The van der Waals surface area contributed by atoms with Gasteiger partial charge < -0.3 is 9.47 Å². The average Bonchev–Trinajstić information content (AvgIpc) is 2.88. The van der Waals surface area contributed by atoms with Crippen molar-refractivity contribution >= 4 is 0 Å². The molecular weight excluding hydrogens is 190 g/mol. The minimum atomic E-state index is 0.287. The van der Waals surface area contributed by atoms with E-state index >= 15 is 0 Å². The average molecular weight is 203 g/mol. The topological polar surface area (TPSA) is 30.5 Å². The lowest BCUT2D eigenvalue weighted by Crippen LogP contribution is -2.07. The molecule has 78 valence electrons. The molecule has 0 saturated carbocycles. The molecule has 3 nitrogen and oxygen atoms in total. The highest BCUT2D eigenvalue weighted by atomic mass is 16.5. The summed E-state index contributed by atoms with van der Waals surface area (Å²) < 4.78 is 10.8. The molecule has 2 heterocycles. The van der Waals surface area contributed by atoms with Crippen LogP contribution in [0, 0.1) is 0 Å². The number of hydrogen-bond acceptors (Lipinski definition) is 3. The molecule has 2 aliphatic heterocycles. The third-order valence-electron chi connectivity index (χ3n) is 3.12. The van der Waals surface area contributed by atoms with Gasteiger partial charge in [0.25, 0.3) is 0 Å². The first kappa shape index (κ1) is 8.80. The third kappa shape index (κ3) is 1.04. The van der Waals surface area contributed by atoms with Gasteiger partial charge in [0.15, 0.2) is 0 Å². The molecule has 0 aromatic heterocycles. The van der Waals surface area contributed by atoms with E-state index in [1.165, 1.54) is 11.1 Å². The van der Waals surface area contributed by atoms with Crippen molar-refractivity contribution in [1.82, 2.24) is 5.32 Å². The molecule has 0 saturated heterocycles. The molecule has 2 unspecified atom stereocenters. The highest BCUT2D eigenvalue weighted by Crippen LogP contribution is 2.48. The highest BCUT2D eigenvalue weighted by molar-refractivity contribution is 5.59. The molecule has 0 amide bonds. The van der Waals surface area contributed by atoms with E-state index < -0.39 is 0 Å². The number of rotatable bonds is 2. The zero-order valence-corrected chi connectivity index (χ0v) is 8.78. The van der Waals surface area contributed by atoms with E-state index in [1.54, 1.807) is 14.2 Å². The van der Waals surface area contributed by atoms with Crippen LogP contribution in [-0.2, 0) is 0 Å². The molecule has 0 spiro atoms. The smallest absolute Gasteiger partial charge is 0.124 e. The van der Waals surface area contributed by atoms with Crippen molar-refractivity contribution in [3.05, 3.63) is 35.4 Å². The molecule has 15 heavy (non-hydrogen) atoms. The first-order valence-corrected chi connectivity index (χ1v) is 5.04. The molecule has 2 atom stereocenters. The molecule has 0 fully saturated rings. The second kappa shape index (κ2) is 3.00. The first-order valence-electron chi connectivity index (χ1n) is 5.04. The van der Waals surface area contributed by atoms with Gasteiger partial charge >= 0.3 is 0 Å². The molecule has 0 radical (unpaired) electrons. The van der Waals surface area contributed by atoms with Crippen molar-refractivity contribution in [2.75, 3.05) is 14.2 Å². The van der Waals surface area contributed by atoms with Crippen molar-refractivity contribution in [1.29, 1.82) is 0 Å². The number of ether oxygens (including phenoxy) is 2. The monoisotopic (exact) mass is 203 g/mol. The van der Waals surface area contributed by atoms with Crippen LogP contribution in [-0.4, -0.2) is 14.2 Å².